The van der Waals surface area contributed by atoms with Crippen molar-refractivity contribution in [1.82, 2.24) is 5.32 Å². The van der Waals surface area contributed by atoms with Crippen LogP contribution in [0.3, 0.4) is 0 Å². The highest BCUT2D eigenvalue weighted by molar-refractivity contribution is 7.85. The highest BCUT2D eigenvalue weighted by Gasteiger charge is 2.10. The number of hydrogen-bond acceptors (Lipinski definition) is 2. The van der Waals surface area contributed by atoms with Crippen molar-refractivity contribution in [1.29, 1.82) is 0 Å². The van der Waals surface area contributed by atoms with Crippen molar-refractivity contribution in [2.24, 2.45) is 0 Å². The molecule has 0 aliphatic carbocycles. The lowest BCUT2D eigenvalue weighted by Crippen LogP contribution is -2.30. The summed E-state index contributed by atoms with van der Waals surface area (Å²) in [6.45, 7) is 6.44. The Morgan fingerprint density at radius 2 is 1.82 bits per heavy atom. The fourth-order valence-electron chi connectivity index (χ4n) is 1.69. The first-order chi connectivity index (χ1) is 8.08. The molecule has 0 aliphatic heterocycles. The third kappa shape index (κ3) is 4.25. The largest absolute Gasteiger partial charge is 0.316 e. The van der Waals surface area contributed by atoms with E-state index in [2.05, 4.69) is 38.2 Å². The Morgan fingerprint density at radius 3 is 2.24 bits per heavy atom. The second kappa shape index (κ2) is 6.92. The van der Waals surface area contributed by atoms with Crippen LogP contribution in [0.15, 0.2) is 29.2 Å². The molecule has 2 nitrogen and oxygen atoms in total. The Balaban J connectivity index is 2.69. The molecule has 0 radical (unpaired) electrons. The van der Waals surface area contributed by atoms with E-state index in [9.17, 15) is 4.21 Å². The smallest absolute Gasteiger partial charge is 0.0545 e. The van der Waals surface area contributed by atoms with Gasteiger partial charge in [0, 0.05) is 16.7 Å². The van der Waals surface area contributed by atoms with Gasteiger partial charge in [-0.15, -0.1) is 0 Å². The highest BCUT2D eigenvalue weighted by atomic mass is 32.2. The maximum atomic E-state index is 12.1. The van der Waals surface area contributed by atoms with Crippen molar-refractivity contribution in [2.45, 2.75) is 44.0 Å². The summed E-state index contributed by atoms with van der Waals surface area (Å²) in [7, 11) is 1.03. The monoisotopic (exact) mass is 253 g/mol. The molecule has 0 saturated carbocycles. The summed E-state index contributed by atoms with van der Waals surface area (Å²) in [6.07, 6.45) is 1.01. The molecular formula is C14H23NOS. The second-order valence-electron chi connectivity index (χ2n) is 4.63. The van der Waals surface area contributed by atoms with Crippen LogP contribution >= 0.6 is 0 Å². The van der Waals surface area contributed by atoms with Gasteiger partial charge >= 0.3 is 0 Å². The molecule has 1 aromatic carbocycles. The molecule has 0 heterocycles. The minimum atomic E-state index is -0.897. The molecule has 1 N–H and O–H groups in total. The fourth-order valence-corrected chi connectivity index (χ4v) is 3.09. The van der Waals surface area contributed by atoms with Gasteiger partial charge in [0.2, 0.25) is 0 Å². The number of nitrogens with one attached hydrogen (secondary N) is 1. The van der Waals surface area contributed by atoms with Crippen molar-refractivity contribution in [3.8, 4) is 0 Å². The molecule has 0 aromatic heterocycles. The summed E-state index contributed by atoms with van der Waals surface area (Å²) >= 11 is 0. The van der Waals surface area contributed by atoms with Crippen LogP contribution < -0.4 is 5.32 Å². The van der Waals surface area contributed by atoms with Crippen molar-refractivity contribution < 1.29 is 4.21 Å². The third-order valence-corrected chi connectivity index (χ3v) is 4.57. The summed E-state index contributed by atoms with van der Waals surface area (Å²) in [5.74, 6) is 1.21. The molecule has 0 aliphatic rings. The lowest BCUT2D eigenvalue weighted by molar-refractivity contribution is 0.590. The lowest BCUT2D eigenvalue weighted by atomic mass is 10.0. The molecule has 0 bridgehead atoms. The van der Waals surface area contributed by atoms with E-state index in [4.69, 9.17) is 0 Å². The Kier molecular flexibility index (Phi) is 5.86. The summed E-state index contributed by atoms with van der Waals surface area (Å²) in [4.78, 5) is 0.933. The van der Waals surface area contributed by atoms with E-state index in [1.807, 2.05) is 19.2 Å². The predicted molar refractivity (Wildman–Crippen MR) is 74.9 cm³/mol. The summed E-state index contributed by atoms with van der Waals surface area (Å²) in [5, 5.41) is 3.19. The average molecular weight is 253 g/mol. The van der Waals surface area contributed by atoms with Gasteiger partial charge in [0.1, 0.15) is 0 Å². The van der Waals surface area contributed by atoms with Gasteiger partial charge in [0.05, 0.1) is 10.8 Å². The number of benzene rings is 1. The Bertz CT molecular complexity index is 355. The minimum Gasteiger partial charge on any atom is -0.316 e. The van der Waals surface area contributed by atoms with Crippen molar-refractivity contribution in [2.75, 3.05) is 12.8 Å². The van der Waals surface area contributed by atoms with Crippen LogP contribution in [0.4, 0.5) is 0 Å². The highest BCUT2D eigenvalue weighted by Crippen LogP contribution is 2.17. The van der Waals surface area contributed by atoms with Gasteiger partial charge in [-0.3, -0.25) is 4.21 Å². The molecule has 2 unspecified atom stereocenters. The van der Waals surface area contributed by atoms with Crippen LogP contribution in [0.1, 0.15) is 38.7 Å². The van der Waals surface area contributed by atoms with Crippen LogP contribution in [-0.4, -0.2) is 23.1 Å². The standard InChI is InChI=1S/C14H23NOS/c1-5-13(15-4)10-17(16)14-8-6-12(7-9-14)11(2)3/h6-9,11,13,15H,5,10H2,1-4H3. The minimum absolute atomic E-state index is 0.334. The number of hydrogen-bond donors (Lipinski definition) is 1. The van der Waals surface area contributed by atoms with Gasteiger partial charge in [-0.05, 0) is 37.1 Å². The maximum absolute atomic E-state index is 12.1. The van der Waals surface area contributed by atoms with E-state index in [0.717, 1.165) is 11.3 Å². The molecular weight excluding hydrogens is 230 g/mol. The van der Waals surface area contributed by atoms with E-state index in [1.54, 1.807) is 0 Å². The maximum Gasteiger partial charge on any atom is 0.0545 e. The average Bonchev–Trinajstić information content (AvgIpc) is 2.35. The van der Waals surface area contributed by atoms with E-state index < -0.39 is 10.8 Å². The topological polar surface area (TPSA) is 29.1 Å². The summed E-state index contributed by atoms with van der Waals surface area (Å²) < 4.78 is 12.1. The van der Waals surface area contributed by atoms with E-state index in [-0.39, 0.29) is 0 Å². The van der Waals surface area contributed by atoms with E-state index in [1.165, 1.54) is 5.56 Å². The number of rotatable bonds is 6. The van der Waals surface area contributed by atoms with Gasteiger partial charge in [0.15, 0.2) is 0 Å². The zero-order chi connectivity index (χ0) is 12.8. The van der Waals surface area contributed by atoms with Crippen molar-refractivity contribution in [3.63, 3.8) is 0 Å². The lowest BCUT2D eigenvalue weighted by Gasteiger charge is -2.13. The first-order valence-corrected chi connectivity index (χ1v) is 7.56. The van der Waals surface area contributed by atoms with Crippen molar-refractivity contribution in [3.05, 3.63) is 29.8 Å². The first kappa shape index (κ1) is 14.4. The Morgan fingerprint density at radius 1 is 1.24 bits per heavy atom. The molecule has 17 heavy (non-hydrogen) atoms. The van der Waals surface area contributed by atoms with Gasteiger partial charge in [-0.25, -0.2) is 0 Å². The van der Waals surface area contributed by atoms with E-state index in [0.29, 0.717) is 17.7 Å². The SMILES string of the molecule is CCC(CS(=O)c1ccc(C(C)C)cc1)NC. The Labute approximate surface area is 107 Å². The quantitative estimate of drug-likeness (QED) is 0.844. The van der Waals surface area contributed by atoms with Crippen LogP contribution in [-0.2, 0) is 10.8 Å². The molecule has 1 aromatic rings. The molecule has 0 spiro atoms. The zero-order valence-electron chi connectivity index (χ0n) is 11.2. The Hall–Kier alpha value is -0.670. The molecule has 96 valence electrons. The summed E-state index contributed by atoms with van der Waals surface area (Å²) in [6, 6.07) is 8.48. The molecule has 3 heteroatoms. The van der Waals surface area contributed by atoms with Gasteiger partial charge in [0.25, 0.3) is 0 Å². The molecule has 0 saturated heterocycles. The molecule has 0 amide bonds. The third-order valence-electron chi connectivity index (χ3n) is 3.06. The molecule has 0 fully saturated rings. The van der Waals surface area contributed by atoms with E-state index >= 15 is 0 Å². The predicted octanol–water partition coefficient (Wildman–Crippen LogP) is 2.92. The van der Waals surface area contributed by atoms with Gasteiger partial charge < -0.3 is 5.32 Å². The molecule has 1 rings (SSSR count). The summed E-state index contributed by atoms with van der Waals surface area (Å²) in [5.41, 5.74) is 1.30. The van der Waals surface area contributed by atoms with Gasteiger partial charge in [-0.2, -0.15) is 0 Å². The van der Waals surface area contributed by atoms with Crippen LogP contribution in [0.5, 0.6) is 0 Å². The van der Waals surface area contributed by atoms with Crippen LogP contribution in [0.25, 0.3) is 0 Å². The van der Waals surface area contributed by atoms with Gasteiger partial charge in [-0.1, -0.05) is 32.9 Å². The molecule has 2 atom stereocenters. The fraction of sp³-hybridized carbons (Fsp3) is 0.571. The first-order valence-electron chi connectivity index (χ1n) is 6.24. The normalized spacial score (nSPS) is 14.9. The zero-order valence-corrected chi connectivity index (χ0v) is 12.0. The van der Waals surface area contributed by atoms with Crippen molar-refractivity contribution >= 4 is 10.8 Å². The van der Waals surface area contributed by atoms with Crippen LogP contribution in [0, 0.1) is 0 Å². The second-order valence-corrected chi connectivity index (χ2v) is 6.13. The van der Waals surface area contributed by atoms with Crippen LogP contribution in [0.2, 0.25) is 0 Å².